The van der Waals surface area contributed by atoms with Gasteiger partial charge in [-0.2, -0.15) is 0 Å². The number of aromatic nitrogens is 1. The van der Waals surface area contributed by atoms with E-state index in [0.717, 1.165) is 25.3 Å². The first-order valence-corrected chi connectivity index (χ1v) is 12.1. The SMILES string of the molecule is COC(=O)C[C@H](c1cc(F)c(F)c(F)c1)c1oc(CN2C[C@H]3C[C@@H](C2)c2cccc(=O)n2C3)cc(=O)c1O. The van der Waals surface area contributed by atoms with Crippen LogP contribution in [0.25, 0.3) is 0 Å². The Balaban J connectivity index is 1.48. The molecule has 2 bridgehead atoms. The second-order valence-corrected chi connectivity index (χ2v) is 9.81. The third-order valence-electron chi connectivity index (χ3n) is 7.26. The number of benzene rings is 1. The summed E-state index contributed by atoms with van der Waals surface area (Å²) < 4.78 is 54.0. The van der Waals surface area contributed by atoms with Crippen LogP contribution in [0.15, 0.2) is 50.4 Å². The van der Waals surface area contributed by atoms with Gasteiger partial charge in [0, 0.05) is 43.4 Å². The summed E-state index contributed by atoms with van der Waals surface area (Å²) in [4.78, 5) is 39.2. The van der Waals surface area contributed by atoms with E-state index in [2.05, 4.69) is 9.64 Å². The smallest absolute Gasteiger partial charge is 0.306 e. The first-order valence-electron chi connectivity index (χ1n) is 12.1. The van der Waals surface area contributed by atoms with Crippen LogP contribution in [0.2, 0.25) is 0 Å². The van der Waals surface area contributed by atoms with Crippen molar-refractivity contribution < 1.29 is 32.2 Å². The molecule has 11 heteroatoms. The van der Waals surface area contributed by atoms with E-state index in [-0.39, 0.29) is 41.0 Å². The van der Waals surface area contributed by atoms with Crippen molar-refractivity contribution in [3.63, 3.8) is 0 Å². The monoisotopic (exact) mass is 530 g/mol. The van der Waals surface area contributed by atoms with E-state index in [1.807, 2.05) is 6.07 Å². The Kier molecular flexibility index (Phi) is 6.87. The van der Waals surface area contributed by atoms with E-state index in [4.69, 9.17) is 4.42 Å². The van der Waals surface area contributed by atoms with Gasteiger partial charge in [-0.15, -0.1) is 0 Å². The number of aromatic hydroxyl groups is 1. The molecule has 2 aliphatic rings. The van der Waals surface area contributed by atoms with E-state index in [9.17, 15) is 32.7 Å². The highest BCUT2D eigenvalue weighted by atomic mass is 19.2. The molecule has 1 saturated heterocycles. The van der Waals surface area contributed by atoms with Crippen molar-refractivity contribution in [1.82, 2.24) is 9.47 Å². The first-order chi connectivity index (χ1) is 18.1. The molecular weight excluding hydrogens is 505 g/mol. The number of carbonyl (C=O) groups is 1. The largest absolute Gasteiger partial charge is 0.502 e. The normalized spacial score (nSPS) is 19.6. The fourth-order valence-corrected chi connectivity index (χ4v) is 5.60. The molecule has 0 spiro atoms. The van der Waals surface area contributed by atoms with Gasteiger partial charge < -0.3 is 18.8 Å². The summed E-state index contributed by atoms with van der Waals surface area (Å²) >= 11 is 0. The lowest BCUT2D eigenvalue weighted by Gasteiger charge is -2.42. The van der Waals surface area contributed by atoms with Gasteiger partial charge >= 0.3 is 5.97 Å². The van der Waals surface area contributed by atoms with Crippen molar-refractivity contribution in [2.75, 3.05) is 20.2 Å². The van der Waals surface area contributed by atoms with Crippen molar-refractivity contribution in [3.8, 4) is 5.75 Å². The Bertz CT molecular complexity index is 1490. The van der Waals surface area contributed by atoms with Gasteiger partial charge in [-0.3, -0.25) is 19.3 Å². The van der Waals surface area contributed by atoms with E-state index in [1.165, 1.54) is 0 Å². The quantitative estimate of drug-likeness (QED) is 0.386. The molecule has 0 unspecified atom stereocenters. The number of ether oxygens (including phenoxy) is 1. The molecule has 5 rings (SSSR count). The van der Waals surface area contributed by atoms with Crippen LogP contribution < -0.4 is 11.0 Å². The lowest BCUT2D eigenvalue weighted by atomic mass is 9.83. The van der Waals surface area contributed by atoms with Gasteiger partial charge in [-0.25, -0.2) is 13.2 Å². The summed E-state index contributed by atoms with van der Waals surface area (Å²) in [5.74, 6) is -7.51. The Hall–Kier alpha value is -3.86. The fourth-order valence-electron chi connectivity index (χ4n) is 5.60. The highest BCUT2D eigenvalue weighted by Crippen LogP contribution is 2.37. The zero-order chi connectivity index (χ0) is 27.1. The van der Waals surface area contributed by atoms with Gasteiger partial charge in [-0.05, 0) is 36.1 Å². The average Bonchev–Trinajstić information content (AvgIpc) is 2.88. The average molecular weight is 530 g/mol. The summed E-state index contributed by atoms with van der Waals surface area (Å²) in [5.41, 5.74) is -0.0971. The summed E-state index contributed by atoms with van der Waals surface area (Å²) in [6.45, 7) is 2.00. The Morgan fingerprint density at radius 3 is 2.58 bits per heavy atom. The minimum Gasteiger partial charge on any atom is -0.502 e. The number of halogens is 3. The number of pyridine rings is 1. The van der Waals surface area contributed by atoms with Gasteiger partial charge in [0.1, 0.15) is 5.76 Å². The number of rotatable bonds is 6. The third-order valence-corrected chi connectivity index (χ3v) is 7.26. The Morgan fingerprint density at radius 1 is 1.13 bits per heavy atom. The molecule has 2 aromatic heterocycles. The molecule has 0 amide bonds. The maximum Gasteiger partial charge on any atom is 0.306 e. The fraction of sp³-hybridized carbons (Fsp3) is 0.370. The zero-order valence-electron chi connectivity index (χ0n) is 20.5. The summed E-state index contributed by atoms with van der Waals surface area (Å²) in [7, 11) is 1.11. The number of likely N-dealkylation sites (tertiary alicyclic amines) is 1. The predicted molar refractivity (Wildman–Crippen MR) is 128 cm³/mol. The van der Waals surface area contributed by atoms with Gasteiger partial charge in [-0.1, -0.05) is 6.07 Å². The Labute approximate surface area is 214 Å². The van der Waals surface area contributed by atoms with Gasteiger partial charge in [0.2, 0.25) is 11.2 Å². The molecule has 3 aromatic rings. The number of esters is 1. The number of piperidine rings is 1. The molecular formula is C27H25F3N2O6. The van der Waals surface area contributed by atoms with Crippen LogP contribution in [-0.2, 0) is 22.6 Å². The molecule has 8 nitrogen and oxygen atoms in total. The maximum absolute atomic E-state index is 14.0. The molecule has 4 heterocycles. The van der Waals surface area contributed by atoms with Crippen molar-refractivity contribution in [2.24, 2.45) is 5.92 Å². The molecule has 0 aliphatic carbocycles. The molecule has 0 radical (unpaired) electrons. The number of hydrogen-bond acceptors (Lipinski definition) is 7. The van der Waals surface area contributed by atoms with Gasteiger partial charge in [0.05, 0.1) is 26.0 Å². The molecule has 3 atom stereocenters. The second kappa shape index (κ2) is 10.1. The molecule has 0 saturated carbocycles. The number of carbonyl (C=O) groups excluding carboxylic acids is 1. The molecule has 38 heavy (non-hydrogen) atoms. The van der Waals surface area contributed by atoms with Crippen molar-refractivity contribution >= 4 is 5.97 Å². The van der Waals surface area contributed by atoms with E-state index < -0.39 is 46.9 Å². The summed E-state index contributed by atoms with van der Waals surface area (Å²) in [6.07, 6.45) is 0.397. The van der Waals surface area contributed by atoms with Crippen LogP contribution in [0.4, 0.5) is 13.2 Å². The molecule has 200 valence electrons. The zero-order valence-corrected chi connectivity index (χ0v) is 20.5. The first kappa shape index (κ1) is 25.8. The summed E-state index contributed by atoms with van der Waals surface area (Å²) in [6, 6.07) is 7.71. The van der Waals surface area contributed by atoms with Crippen LogP contribution in [0.5, 0.6) is 5.75 Å². The van der Waals surface area contributed by atoms with Crippen molar-refractivity contribution in [1.29, 1.82) is 0 Å². The highest BCUT2D eigenvalue weighted by molar-refractivity contribution is 5.71. The van der Waals surface area contributed by atoms with Crippen LogP contribution in [0, 0.1) is 23.4 Å². The van der Waals surface area contributed by atoms with Crippen molar-refractivity contribution in [2.45, 2.75) is 37.8 Å². The minimum atomic E-state index is -1.69. The van der Waals surface area contributed by atoms with Gasteiger partial charge in [0.15, 0.2) is 23.2 Å². The topological polar surface area (TPSA) is 102 Å². The molecule has 1 aromatic carbocycles. The summed E-state index contributed by atoms with van der Waals surface area (Å²) in [5, 5.41) is 10.5. The predicted octanol–water partition coefficient (Wildman–Crippen LogP) is 3.24. The van der Waals surface area contributed by atoms with Crippen LogP contribution in [0.3, 0.4) is 0 Å². The molecule has 2 aliphatic heterocycles. The standard InChI is InChI=1S/C27H25F3N2O6/c1-37-24(35)9-18(15-6-19(28)25(30)20(29)7-15)27-26(36)22(33)8-17(38-27)13-31-10-14-5-16(12-31)21-3-2-4-23(34)32(21)11-14/h2-4,6-8,14,16,18,36H,5,9-13H2,1H3/t14-,16+,18-/m1/s1. The second-order valence-electron chi connectivity index (χ2n) is 9.81. The Morgan fingerprint density at radius 2 is 1.87 bits per heavy atom. The van der Waals surface area contributed by atoms with E-state index >= 15 is 0 Å². The van der Waals surface area contributed by atoms with E-state index in [0.29, 0.717) is 31.8 Å². The molecule has 1 fully saturated rings. The lowest BCUT2D eigenvalue weighted by Crippen LogP contribution is -2.46. The lowest BCUT2D eigenvalue weighted by molar-refractivity contribution is -0.140. The third kappa shape index (κ3) is 4.85. The number of hydrogen-bond donors (Lipinski definition) is 1. The van der Waals surface area contributed by atoms with E-state index in [1.54, 1.807) is 16.7 Å². The molecule has 1 N–H and O–H groups in total. The highest BCUT2D eigenvalue weighted by Gasteiger charge is 2.35. The number of nitrogens with zero attached hydrogens (tertiary/aromatic N) is 2. The number of fused-ring (bicyclic) bond motifs is 4. The van der Waals surface area contributed by atoms with Crippen LogP contribution in [0.1, 0.15) is 47.5 Å². The number of methoxy groups -OCH3 is 1. The van der Waals surface area contributed by atoms with Crippen LogP contribution >= 0.6 is 0 Å². The van der Waals surface area contributed by atoms with Crippen molar-refractivity contribution in [3.05, 3.63) is 97.2 Å². The van der Waals surface area contributed by atoms with Crippen LogP contribution in [-0.4, -0.2) is 40.7 Å². The van der Waals surface area contributed by atoms with Gasteiger partial charge in [0.25, 0.3) is 5.56 Å². The maximum atomic E-state index is 14.0. The minimum absolute atomic E-state index is 0.0369.